The Bertz CT molecular complexity index is 329. The van der Waals surface area contributed by atoms with Gasteiger partial charge in [0.1, 0.15) is 0 Å². The monoisotopic (exact) mass is 354 g/mol. The van der Waals surface area contributed by atoms with Crippen LogP contribution >= 0.6 is 35.0 Å². The molecule has 90 valence electrons. The smallest absolute Gasteiger partial charge is 0.251 e. The first-order valence-corrected chi connectivity index (χ1v) is 5.92. The summed E-state index contributed by atoms with van der Waals surface area (Å²) in [6, 6.07) is 7.81. The molecule has 3 nitrogen and oxygen atoms in total. The van der Waals surface area contributed by atoms with Gasteiger partial charge in [0.15, 0.2) is 0 Å². The second-order valence-corrected chi connectivity index (χ2v) is 4.65. The fourth-order valence-electron chi connectivity index (χ4n) is 1.05. The van der Waals surface area contributed by atoms with Crippen molar-refractivity contribution in [3.05, 3.63) is 33.4 Å². The Labute approximate surface area is 116 Å². The summed E-state index contributed by atoms with van der Waals surface area (Å²) in [6.07, 6.45) is 0. The highest BCUT2D eigenvalue weighted by molar-refractivity contribution is 14.1. The van der Waals surface area contributed by atoms with E-state index < -0.39 is 0 Å². The van der Waals surface area contributed by atoms with Gasteiger partial charge in [-0.05, 0) is 60.8 Å². The van der Waals surface area contributed by atoms with Crippen LogP contribution in [0.3, 0.4) is 0 Å². The van der Waals surface area contributed by atoms with E-state index in [4.69, 9.17) is 0 Å². The molecule has 1 unspecified atom stereocenters. The molecule has 0 saturated heterocycles. The lowest BCUT2D eigenvalue weighted by atomic mass is 10.2. The summed E-state index contributed by atoms with van der Waals surface area (Å²) >= 11 is 2.22. The number of hydrogen-bond acceptors (Lipinski definition) is 2. The van der Waals surface area contributed by atoms with Crippen molar-refractivity contribution in [1.82, 2.24) is 10.6 Å². The summed E-state index contributed by atoms with van der Waals surface area (Å²) in [7, 11) is 1.88. The predicted octanol–water partition coefficient (Wildman–Crippen LogP) is 2.05. The molecule has 5 heteroatoms. The number of hydrogen-bond donors (Lipinski definition) is 2. The van der Waals surface area contributed by atoms with Gasteiger partial charge in [-0.2, -0.15) is 0 Å². The normalized spacial score (nSPS) is 11.4. The van der Waals surface area contributed by atoms with Gasteiger partial charge in [0, 0.05) is 21.7 Å². The van der Waals surface area contributed by atoms with Gasteiger partial charge >= 0.3 is 0 Å². The highest BCUT2D eigenvalue weighted by atomic mass is 127. The standard InChI is InChI=1S/C11H15IN2O.ClH/c1-8(13-2)7-14-11(15)9-3-5-10(12)6-4-9;/h3-6,8,13H,7H2,1-2H3,(H,14,15);1H. The number of carbonyl (C=O) groups is 1. The van der Waals surface area contributed by atoms with E-state index in [-0.39, 0.29) is 24.4 Å². The van der Waals surface area contributed by atoms with Crippen LogP contribution in [0.5, 0.6) is 0 Å². The fourth-order valence-corrected chi connectivity index (χ4v) is 1.41. The van der Waals surface area contributed by atoms with Crippen molar-refractivity contribution in [3.8, 4) is 0 Å². The van der Waals surface area contributed by atoms with Gasteiger partial charge in [0.05, 0.1) is 0 Å². The fraction of sp³-hybridized carbons (Fsp3) is 0.364. The summed E-state index contributed by atoms with van der Waals surface area (Å²) < 4.78 is 1.13. The minimum absolute atomic E-state index is 0. The van der Waals surface area contributed by atoms with Crippen molar-refractivity contribution < 1.29 is 4.79 Å². The van der Waals surface area contributed by atoms with E-state index in [2.05, 4.69) is 33.2 Å². The van der Waals surface area contributed by atoms with Crippen LogP contribution < -0.4 is 10.6 Å². The van der Waals surface area contributed by atoms with E-state index in [0.717, 1.165) is 3.57 Å². The minimum atomic E-state index is -0.0199. The quantitative estimate of drug-likeness (QED) is 0.813. The van der Waals surface area contributed by atoms with Crippen molar-refractivity contribution in [2.75, 3.05) is 13.6 Å². The molecule has 0 aliphatic heterocycles. The lowest BCUT2D eigenvalue weighted by Gasteiger charge is -2.11. The molecular formula is C11H16ClIN2O. The van der Waals surface area contributed by atoms with Gasteiger partial charge in [-0.25, -0.2) is 0 Å². The number of carbonyl (C=O) groups excluding carboxylic acids is 1. The van der Waals surface area contributed by atoms with Crippen LogP contribution in [0.25, 0.3) is 0 Å². The first-order valence-electron chi connectivity index (χ1n) is 4.84. The topological polar surface area (TPSA) is 41.1 Å². The van der Waals surface area contributed by atoms with Crippen molar-refractivity contribution in [1.29, 1.82) is 0 Å². The maximum absolute atomic E-state index is 11.6. The summed E-state index contributed by atoms with van der Waals surface area (Å²) in [4.78, 5) is 11.6. The van der Waals surface area contributed by atoms with Gasteiger partial charge in [-0.15, -0.1) is 12.4 Å². The number of halogens is 2. The van der Waals surface area contributed by atoms with Crippen LogP contribution in [-0.4, -0.2) is 25.5 Å². The zero-order valence-electron chi connectivity index (χ0n) is 9.29. The van der Waals surface area contributed by atoms with Crippen LogP contribution in [0, 0.1) is 3.57 Å². The van der Waals surface area contributed by atoms with Crippen LogP contribution in [0.1, 0.15) is 17.3 Å². The van der Waals surface area contributed by atoms with E-state index in [0.29, 0.717) is 12.1 Å². The Balaban J connectivity index is 0.00000225. The molecule has 1 atom stereocenters. The van der Waals surface area contributed by atoms with Gasteiger partial charge in [0.25, 0.3) is 5.91 Å². The third-order valence-corrected chi connectivity index (χ3v) is 2.89. The number of likely N-dealkylation sites (N-methyl/N-ethyl adjacent to an activating group) is 1. The van der Waals surface area contributed by atoms with E-state index in [1.807, 2.05) is 38.2 Å². The zero-order valence-corrected chi connectivity index (χ0v) is 12.3. The molecule has 1 rings (SSSR count). The molecule has 1 aromatic carbocycles. The molecule has 0 aliphatic rings. The second kappa shape index (κ2) is 7.86. The molecule has 0 heterocycles. The first kappa shape index (κ1) is 15.7. The Morgan fingerprint density at radius 1 is 1.38 bits per heavy atom. The molecule has 0 radical (unpaired) electrons. The maximum Gasteiger partial charge on any atom is 0.251 e. The number of rotatable bonds is 4. The molecule has 0 bridgehead atoms. The Kier molecular flexibility index (Phi) is 7.70. The molecule has 16 heavy (non-hydrogen) atoms. The van der Waals surface area contributed by atoms with Gasteiger partial charge in [-0.3, -0.25) is 4.79 Å². The van der Waals surface area contributed by atoms with Crippen molar-refractivity contribution in [2.24, 2.45) is 0 Å². The molecule has 0 aliphatic carbocycles. The van der Waals surface area contributed by atoms with Crippen molar-refractivity contribution >= 4 is 40.9 Å². The largest absolute Gasteiger partial charge is 0.350 e. The number of amides is 1. The Morgan fingerprint density at radius 3 is 2.44 bits per heavy atom. The summed E-state index contributed by atoms with van der Waals surface area (Å²) in [6.45, 7) is 2.66. The molecule has 2 N–H and O–H groups in total. The van der Waals surface area contributed by atoms with Gasteiger partial charge < -0.3 is 10.6 Å². The Morgan fingerprint density at radius 2 is 1.94 bits per heavy atom. The molecule has 0 spiro atoms. The molecule has 1 aromatic rings. The molecule has 1 amide bonds. The van der Waals surface area contributed by atoms with Crippen molar-refractivity contribution in [2.45, 2.75) is 13.0 Å². The van der Waals surface area contributed by atoms with Gasteiger partial charge in [0.2, 0.25) is 0 Å². The average molecular weight is 355 g/mol. The summed E-state index contributed by atoms with van der Waals surface area (Å²) in [5, 5.41) is 5.93. The van der Waals surface area contributed by atoms with E-state index >= 15 is 0 Å². The van der Waals surface area contributed by atoms with E-state index in [1.165, 1.54) is 0 Å². The second-order valence-electron chi connectivity index (χ2n) is 3.41. The van der Waals surface area contributed by atoms with Gasteiger partial charge in [-0.1, -0.05) is 0 Å². The van der Waals surface area contributed by atoms with Crippen molar-refractivity contribution in [3.63, 3.8) is 0 Å². The molecule has 0 fully saturated rings. The lowest BCUT2D eigenvalue weighted by Crippen LogP contribution is -2.37. The van der Waals surface area contributed by atoms with E-state index in [1.54, 1.807) is 0 Å². The van der Waals surface area contributed by atoms with Crippen LogP contribution in [0.2, 0.25) is 0 Å². The third kappa shape index (κ3) is 5.14. The number of benzene rings is 1. The summed E-state index contributed by atoms with van der Waals surface area (Å²) in [5.41, 5.74) is 0.707. The van der Waals surface area contributed by atoms with Crippen LogP contribution in [-0.2, 0) is 0 Å². The predicted molar refractivity (Wildman–Crippen MR) is 77.3 cm³/mol. The average Bonchev–Trinajstić information content (AvgIpc) is 2.26. The molecule has 0 saturated carbocycles. The molecular weight excluding hydrogens is 338 g/mol. The third-order valence-electron chi connectivity index (χ3n) is 2.17. The zero-order chi connectivity index (χ0) is 11.3. The lowest BCUT2D eigenvalue weighted by molar-refractivity contribution is 0.0950. The first-order chi connectivity index (χ1) is 7.13. The highest BCUT2D eigenvalue weighted by Gasteiger charge is 2.05. The highest BCUT2D eigenvalue weighted by Crippen LogP contribution is 2.06. The van der Waals surface area contributed by atoms with E-state index in [9.17, 15) is 4.79 Å². The van der Waals surface area contributed by atoms with Crippen LogP contribution in [0.4, 0.5) is 0 Å². The maximum atomic E-state index is 11.6. The summed E-state index contributed by atoms with van der Waals surface area (Å²) in [5.74, 6) is -0.0199. The number of nitrogens with one attached hydrogen (secondary N) is 2. The molecule has 0 aromatic heterocycles. The Hall–Kier alpha value is -0.330. The minimum Gasteiger partial charge on any atom is -0.350 e. The van der Waals surface area contributed by atoms with Crippen LogP contribution in [0.15, 0.2) is 24.3 Å². The SMILES string of the molecule is CNC(C)CNC(=O)c1ccc(I)cc1.Cl.